The highest BCUT2D eigenvalue weighted by Crippen LogP contribution is 2.29. The number of nitrogens with zero attached hydrogens (tertiary/aromatic N) is 3. The average molecular weight is 303 g/mol. The standard InChI is InChI=1S/C18H26FN3/c19-16-4-6-17(7-5-16)21-8-10-22(11-9-21)18-13-20(14-18)12-15-2-1-3-15/h4-7,15,18H,1-3,8-14H2. The third kappa shape index (κ3) is 2.99. The first-order chi connectivity index (χ1) is 10.8. The molecule has 2 heterocycles. The summed E-state index contributed by atoms with van der Waals surface area (Å²) in [7, 11) is 0. The second-order valence-electron chi connectivity index (χ2n) is 7.17. The molecule has 0 unspecified atom stereocenters. The Balaban J connectivity index is 1.22. The van der Waals surface area contributed by atoms with E-state index < -0.39 is 0 Å². The van der Waals surface area contributed by atoms with Crippen molar-refractivity contribution < 1.29 is 4.39 Å². The van der Waals surface area contributed by atoms with Gasteiger partial charge >= 0.3 is 0 Å². The molecular weight excluding hydrogens is 277 g/mol. The van der Waals surface area contributed by atoms with E-state index in [2.05, 4.69) is 14.7 Å². The van der Waals surface area contributed by atoms with E-state index >= 15 is 0 Å². The summed E-state index contributed by atoms with van der Waals surface area (Å²) in [6.45, 7) is 8.28. The third-order valence-corrected chi connectivity index (χ3v) is 5.70. The number of rotatable bonds is 4. The smallest absolute Gasteiger partial charge is 0.123 e. The zero-order chi connectivity index (χ0) is 14.9. The molecule has 0 N–H and O–H groups in total. The molecule has 2 saturated heterocycles. The van der Waals surface area contributed by atoms with Crippen LogP contribution < -0.4 is 4.90 Å². The topological polar surface area (TPSA) is 9.72 Å². The quantitative estimate of drug-likeness (QED) is 0.846. The van der Waals surface area contributed by atoms with Gasteiger partial charge in [0.05, 0.1) is 0 Å². The average Bonchev–Trinajstić information content (AvgIpc) is 2.45. The first kappa shape index (κ1) is 14.5. The van der Waals surface area contributed by atoms with E-state index in [4.69, 9.17) is 0 Å². The lowest BCUT2D eigenvalue weighted by Gasteiger charge is -2.50. The first-order valence-electron chi connectivity index (χ1n) is 8.75. The summed E-state index contributed by atoms with van der Waals surface area (Å²) in [6.07, 6.45) is 4.36. The number of benzene rings is 1. The van der Waals surface area contributed by atoms with Gasteiger partial charge in [0.15, 0.2) is 0 Å². The first-order valence-corrected chi connectivity index (χ1v) is 8.75. The fraction of sp³-hybridized carbons (Fsp3) is 0.667. The fourth-order valence-corrected chi connectivity index (χ4v) is 3.96. The van der Waals surface area contributed by atoms with Gasteiger partial charge in [-0.15, -0.1) is 0 Å². The van der Waals surface area contributed by atoms with Gasteiger partial charge in [-0.05, 0) is 43.0 Å². The second kappa shape index (κ2) is 6.17. The van der Waals surface area contributed by atoms with E-state index in [0.717, 1.165) is 43.8 Å². The molecule has 4 heteroatoms. The third-order valence-electron chi connectivity index (χ3n) is 5.70. The van der Waals surface area contributed by atoms with Gasteiger partial charge in [-0.2, -0.15) is 0 Å². The number of anilines is 1. The van der Waals surface area contributed by atoms with Gasteiger partial charge in [-0.25, -0.2) is 4.39 Å². The maximum absolute atomic E-state index is 13.0. The number of hydrogen-bond donors (Lipinski definition) is 0. The van der Waals surface area contributed by atoms with Crippen molar-refractivity contribution >= 4 is 5.69 Å². The minimum Gasteiger partial charge on any atom is -0.369 e. The van der Waals surface area contributed by atoms with Crippen LogP contribution in [0.3, 0.4) is 0 Å². The summed E-state index contributed by atoms with van der Waals surface area (Å²) < 4.78 is 13.0. The highest BCUT2D eigenvalue weighted by molar-refractivity contribution is 5.46. The van der Waals surface area contributed by atoms with Crippen molar-refractivity contribution in [2.24, 2.45) is 5.92 Å². The molecule has 3 nitrogen and oxygen atoms in total. The summed E-state index contributed by atoms with van der Waals surface area (Å²) in [5.74, 6) is 0.847. The molecule has 1 aromatic rings. The molecule has 3 fully saturated rings. The lowest BCUT2D eigenvalue weighted by Crippen LogP contribution is -2.63. The Morgan fingerprint density at radius 2 is 1.64 bits per heavy atom. The van der Waals surface area contributed by atoms with Gasteiger partial charge in [0.1, 0.15) is 5.82 Å². The number of hydrogen-bond acceptors (Lipinski definition) is 3. The van der Waals surface area contributed by atoms with Gasteiger partial charge in [0.25, 0.3) is 0 Å². The molecule has 0 aromatic heterocycles. The highest BCUT2D eigenvalue weighted by Gasteiger charge is 2.35. The summed E-state index contributed by atoms with van der Waals surface area (Å²) in [4.78, 5) is 7.67. The molecule has 3 aliphatic rings. The molecule has 0 bridgehead atoms. The predicted molar refractivity (Wildman–Crippen MR) is 87.8 cm³/mol. The largest absolute Gasteiger partial charge is 0.369 e. The SMILES string of the molecule is Fc1ccc(N2CCN(C3CN(CC4CCC4)C3)CC2)cc1. The van der Waals surface area contributed by atoms with Crippen LogP contribution in [0.4, 0.5) is 10.1 Å². The molecule has 4 rings (SSSR count). The van der Waals surface area contributed by atoms with Crippen LogP contribution in [0.5, 0.6) is 0 Å². The molecule has 1 saturated carbocycles. The maximum Gasteiger partial charge on any atom is 0.123 e. The van der Waals surface area contributed by atoms with Crippen LogP contribution in [0.25, 0.3) is 0 Å². The second-order valence-corrected chi connectivity index (χ2v) is 7.17. The van der Waals surface area contributed by atoms with Crippen molar-refractivity contribution in [2.75, 3.05) is 50.7 Å². The van der Waals surface area contributed by atoms with E-state index in [1.165, 1.54) is 38.9 Å². The molecule has 120 valence electrons. The van der Waals surface area contributed by atoms with Crippen LogP contribution in [0.1, 0.15) is 19.3 Å². The Kier molecular flexibility index (Phi) is 4.05. The van der Waals surface area contributed by atoms with Crippen LogP contribution in [-0.4, -0.2) is 61.7 Å². The minimum atomic E-state index is -0.150. The van der Waals surface area contributed by atoms with Crippen molar-refractivity contribution in [3.05, 3.63) is 30.1 Å². The van der Waals surface area contributed by atoms with Crippen LogP contribution in [-0.2, 0) is 0 Å². The van der Waals surface area contributed by atoms with Crippen LogP contribution in [0.2, 0.25) is 0 Å². The summed E-state index contributed by atoms with van der Waals surface area (Å²) >= 11 is 0. The van der Waals surface area contributed by atoms with Crippen molar-refractivity contribution in [2.45, 2.75) is 25.3 Å². The van der Waals surface area contributed by atoms with Gasteiger partial charge in [0.2, 0.25) is 0 Å². The Hall–Kier alpha value is -1.13. The molecule has 0 amide bonds. The Bertz CT molecular complexity index is 486. The van der Waals surface area contributed by atoms with E-state index in [-0.39, 0.29) is 5.82 Å². The summed E-state index contributed by atoms with van der Waals surface area (Å²) in [5, 5.41) is 0. The Labute approximate surface area is 132 Å². The van der Waals surface area contributed by atoms with Crippen molar-refractivity contribution in [1.29, 1.82) is 0 Å². The molecule has 0 atom stereocenters. The lowest BCUT2D eigenvalue weighted by molar-refractivity contribution is 0.0126. The van der Waals surface area contributed by atoms with E-state index in [0.29, 0.717) is 0 Å². The Morgan fingerprint density at radius 3 is 2.23 bits per heavy atom. The van der Waals surface area contributed by atoms with Gasteiger partial charge in [-0.1, -0.05) is 6.42 Å². The molecule has 1 aliphatic carbocycles. The minimum absolute atomic E-state index is 0.150. The van der Waals surface area contributed by atoms with Gasteiger partial charge in [0, 0.05) is 57.5 Å². The highest BCUT2D eigenvalue weighted by atomic mass is 19.1. The van der Waals surface area contributed by atoms with Crippen molar-refractivity contribution in [3.63, 3.8) is 0 Å². The number of likely N-dealkylation sites (tertiary alicyclic amines) is 1. The zero-order valence-electron chi connectivity index (χ0n) is 13.3. The Morgan fingerprint density at radius 1 is 0.955 bits per heavy atom. The molecule has 2 aliphatic heterocycles. The fourth-order valence-electron chi connectivity index (χ4n) is 3.96. The number of halogens is 1. The van der Waals surface area contributed by atoms with E-state index in [9.17, 15) is 4.39 Å². The van der Waals surface area contributed by atoms with Crippen LogP contribution in [0.15, 0.2) is 24.3 Å². The molecule has 0 radical (unpaired) electrons. The monoisotopic (exact) mass is 303 g/mol. The van der Waals surface area contributed by atoms with Crippen LogP contribution in [0, 0.1) is 11.7 Å². The summed E-state index contributed by atoms with van der Waals surface area (Å²) in [5.41, 5.74) is 1.15. The molecular formula is C18H26FN3. The van der Waals surface area contributed by atoms with E-state index in [1.807, 2.05) is 12.1 Å². The molecule has 22 heavy (non-hydrogen) atoms. The maximum atomic E-state index is 13.0. The van der Waals surface area contributed by atoms with Crippen molar-refractivity contribution in [3.8, 4) is 0 Å². The molecule has 0 spiro atoms. The van der Waals surface area contributed by atoms with E-state index in [1.54, 1.807) is 12.1 Å². The lowest BCUT2D eigenvalue weighted by atomic mass is 9.84. The summed E-state index contributed by atoms with van der Waals surface area (Å²) in [6, 6.07) is 7.69. The van der Waals surface area contributed by atoms with Crippen LogP contribution >= 0.6 is 0 Å². The van der Waals surface area contributed by atoms with Gasteiger partial charge < -0.3 is 4.90 Å². The zero-order valence-corrected chi connectivity index (χ0v) is 13.3. The number of piperazine rings is 1. The van der Waals surface area contributed by atoms with Crippen molar-refractivity contribution in [1.82, 2.24) is 9.80 Å². The predicted octanol–water partition coefficient (Wildman–Crippen LogP) is 2.43. The van der Waals surface area contributed by atoms with Gasteiger partial charge in [-0.3, -0.25) is 9.80 Å². The normalized spacial score (nSPS) is 25.0. The molecule has 1 aromatic carbocycles.